The first-order valence-electron chi connectivity index (χ1n) is 6.92. The van der Waals surface area contributed by atoms with Crippen LogP contribution in [0.3, 0.4) is 0 Å². The summed E-state index contributed by atoms with van der Waals surface area (Å²) in [6.45, 7) is 6.31. The van der Waals surface area contributed by atoms with Gasteiger partial charge in [-0.25, -0.2) is 0 Å². The van der Waals surface area contributed by atoms with Crippen molar-refractivity contribution >= 4 is 40.3 Å². The lowest BCUT2D eigenvalue weighted by Gasteiger charge is -2.15. The number of nitrogens with one attached hydrogen (secondary N) is 1. The molecule has 2 nitrogen and oxygen atoms in total. The zero-order chi connectivity index (χ0) is 15.4. The molecule has 3 N–H and O–H groups in total. The normalized spacial score (nSPS) is 10.4. The maximum atomic E-state index is 5.94. The number of rotatable bonds is 5. The quantitative estimate of drug-likeness (QED) is 0.614. The molecule has 110 valence electrons. The summed E-state index contributed by atoms with van der Waals surface area (Å²) in [7, 11) is 0. The van der Waals surface area contributed by atoms with Gasteiger partial charge in [0.15, 0.2) is 0 Å². The number of thiocarbonyl (C=S) groups is 1. The van der Waals surface area contributed by atoms with Crippen LogP contribution >= 0.6 is 24.0 Å². The second kappa shape index (κ2) is 6.96. The van der Waals surface area contributed by atoms with Crippen LogP contribution < -0.4 is 11.1 Å². The summed E-state index contributed by atoms with van der Waals surface area (Å²) in [5, 5.41) is 3.45. The van der Waals surface area contributed by atoms with Crippen molar-refractivity contribution < 1.29 is 0 Å². The molecule has 0 aliphatic carbocycles. The first-order chi connectivity index (χ1) is 10.0. The predicted octanol–water partition coefficient (Wildman–Crippen LogP) is 4.79. The Hall–Kier alpha value is -1.52. The van der Waals surface area contributed by atoms with Crippen LogP contribution in [0.15, 0.2) is 41.3 Å². The lowest BCUT2D eigenvalue weighted by Crippen LogP contribution is -2.13. The number of thioether (sulfide) groups is 1. The van der Waals surface area contributed by atoms with Crippen molar-refractivity contribution in [2.24, 2.45) is 5.73 Å². The van der Waals surface area contributed by atoms with E-state index in [9.17, 15) is 0 Å². The van der Waals surface area contributed by atoms with E-state index in [-0.39, 0.29) is 0 Å². The molecule has 0 aliphatic heterocycles. The lowest BCUT2D eigenvalue weighted by atomic mass is 10.1. The number of hydrogen-bond acceptors (Lipinski definition) is 3. The van der Waals surface area contributed by atoms with E-state index >= 15 is 0 Å². The van der Waals surface area contributed by atoms with Gasteiger partial charge in [-0.05, 0) is 55.0 Å². The molecule has 2 aromatic carbocycles. The van der Waals surface area contributed by atoms with Crippen LogP contribution in [0.4, 0.5) is 11.4 Å². The number of nitrogens with two attached hydrogens (primary N) is 1. The third-order valence-corrected chi connectivity index (χ3v) is 4.22. The summed E-state index contributed by atoms with van der Waals surface area (Å²) in [5.74, 6) is 0.989. The SMILES string of the molecule is CCSc1cccc(Nc2cc(C)cc(C)c2)c1C(N)=S. The molecule has 0 radical (unpaired) electrons. The van der Waals surface area contributed by atoms with Crippen molar-refractivity contribution in [3.63, 3.8) is 0 Å². The first-order valence-corrected chi connectivity index (χ1v) is 8.31. The Labute approximate surface area is 136 Å². The molecule has 0 aliphatic rings. The topological polar surface area (TPSA) is 38.0 Å². The molecule has 0 heterocycles. The summed E-state index contributed by atoms with van der Waals surface area (Å²) < 4.78 is 0. The average molecular weight is 316 g/mol. The highest BCUT2D eigenvalue weighted by molar-refractivity contribution is 7.99. The van der Waals surface area contributed by atoms with E-state index in [0.29, 0.717) is 4.99 Å². The Morgan fingerprint density at radius 3 is 2.43 bits per heavy atom. The van der Waals surface area contributed by atoms with Gasteiger partial charge in [-0.3, -0.25) is 0 Å². The van der Waals surface area contributed by atoms with Crippen LogP contribution in [0.25, 0.3) is 0 Å². The Morgan fingerprint density at radius 2 is 1.86 bits per heavy atom. The van der Waals surface area contributed by atoms with Crippen molar-refractivity contribution in [1.29, 1.82) is 0 Å². The van der Waals surface area contributed by atoms with Gasteiger partial charge in [0.1, 0.15) is 4.99 Å². The van der Waals surface area contributed by atoms with E-state index in [1.165, 1.54) is 11.1 Å². The van der Waals surface area contributed by atoms with Crippen LogP contribution in [0, 0.1) is 13.8 Å². The van der Waals surface area contributed by atoms with Crippen molar-refractivity contribution in [1.82, 2.24) is 0 Å². The Balaban J connectivity index is 2.43. The largest absolute Gasteiger partial charge is 0.389 e. The molecule has 4 heteroatoms. The number of benzene rings is 2. The molecule has 0 unspecified atom stereocenters. The van der Waals surface area contributed by atoms with E-state index in [1.54, 1.807) is 11.8 Å². The van der Waals surface area contributed by atoms with Crippen LogP contribution in [-0.2, 0) is 0 Å². The van der Waals surface area contributed by atoms with Gasteiger partial charge in [0.25, 0.3) is 0 Å². The zero-order valence-electron chi connectivity index (χ0n) is 12.6. The monoisotopic (exact) mass is 316 g/mol. The Kier molecular flexibility index (Phi) is 5.26. The molecule has 0 aromatic heterocycles. The van der Waals surface area contributed by atoms with Crippen molar-refractivity contribution in [2.75, 3.05) is 11.1 Å². The summed E-state index contributed by atoms with van der Waals surface area (Å²) in [6.07, 6.45) is 0. The first kappa shape index (κ1) is 15.9. The van der Waals surface area contributed by atoms with Gasteiger partial charge in [0, 0.05) is 21.8 Å². The van der Waals surface area contributed by atoms with E-state index < -0.39 is 0 Å². The number of aryl methyl sites for hydroxylation is 2. The maximum absolute atomic E-state index is 5.94. The predicted molar refractivity (Wildman–Crippen MR) is 97.9 cm³/mol. The highest BCUT2D eigenvalue weighted by Crippen LogP contribution is 2.31. The van der Waals surface area contributed by atoms with Gasteiger partial charge in [0.2, 0.25) is 0 Å². The standard InChI is InChI=1S/C17H20N2S2/c1-4-21-15-7-5-6-14(16(15)17(18)20)19-13-9-11(2)8-12(3)10-13/h5-10,19H,4H2,1-3H3,(H2,18,20). The molecule has 0 spiro atoms. The molecule has 2 aromatic rings. The van der Waals surface area contributed by atoms with Gasteiger partial charge in [-0.1, -0.05) is 31.3 Å². The molecule has 0 saturated heterocycles. The summed E-state index contributed by atoms with van der Waals surface area (Å²) in [4.78, 5) is 1.55. The van der Waals surface area contributed by atoms with Crippen molar-refractivity contribution in [3.8, 4) is 0 Å². The lowest BCUT2D eigenvalue weighted by molar-refractivity contribution is 1.35. The molecule has 0 amide bonds. The summed E-state index contributed by atoms with van der Waals surface area (Å²) in [6, 6.07) is 12.5. The van der Waals surface area contributed by atoms with Gasteiger partial charge in [-0.15, -0.1) is 11.8 Å². The number of anilines is 2. The molecule has 0 atom stereocenters. The summed E-state index contributed by atoms with van der Waals surface area (Å²) >= 11 is 7.00. The molecule has 0 fully saturated rings. The third-order valence-electron chi connectivity index (χ3n) is 3.07. The third kappa shape index (κ3) is 3.99. The summed E-state index contributed by atoms with van der Waals surface area (Å²) in [5.41, 5.74) is 11.3. The van der Waals surface area contributed by atoms with E-state index in [0.717, 1.165) is 27.6 Å². The smallest absolute Gasteiger partial charge is 0.107 e. The van der Waals surface area contributed by atoms with Gasteiger partial charge in [0.05, 0.1) is 0 Å². The average Bonchev–Trinajstić information content (AvgIpc) is 2.37. The molecule has 21 heavy (non-hydrogen) atoms. The van der Waals surface area contributed by atoms with Crippen LogP contribution in [0.5, 0.6) is 0 Å². The fraction of sp³-hybridized carbons (Fsp3) is 0.235. The van der Waals surface area contributed by atoms with E-state index in [4.69, 9.17) is 18.0 Å². The number of hydrogen-bond donors (Lipinski definition) is 2. The molecular weight excluding hydrogens is 296 g/mol. The van der Waals surface area contributed by atoms with Crippen LogP contribution in [-0.4, -0.2) is 10.7 Å². The van der Waals surface area contributed by atoms with Crippen LogP contribution in [0.1, 0.15) is 23.6 Å². The van der Waals surface area contributed by atoms with Crippen LogP contribution in [0.2, 0.25) is 0 Å². The van der Waals surface area contributed by atoms with Gasteiger partial charge < -0.3 is 11.1 Å². The minimum atomic E-state index is 0.429. The maximum Gasteiger partial charge on any atom is 0.107 e. The van der Waals surface area contributed by atoms with E-state index in [2.05, 4.69) is 50.4 Å². The van der Waals surface area contributed by atoms with Gasteiger partial charge >= 0.3 is 0 Å². The second-order valence-electron chi connectivity index (χ2n) is 4.98. The van der Waals surface area contributed by atoms with Gasteiger partial charge in [-0.2, -0.15) is 0 Å². The minimum Gasteiger partial charge on any atom is -0.389 e. The van der Waals surface area contributed by atoms with Crippen molar-refractivity contribution in [2.45, 2.75) is 25.7 Å². The van der Waals surface area contributed by atoms with Crippen molar-refractivity contribution in [3.05, 3.63) is 53.1 Å². The highest BCUT2D eigenvalue weighted by Gasteiger charge is 2.11. The minimum absolute atomic E-state index is 0.429. The Bertz CT molecular complexity index is 646. The fourth-order valence-electron chi connectivity index (χ4n) is 2.37. The Morgan fingerprint density at radius 1 is 1.19 bits per heavy atom. The highest BCUT2D eigenvalue weighted by atomic mass is 32.2. The molecule has 0 bridgehead atoms. The second-order valence-corrected chi connectivity index (χ2v) is 6.72. The zero-order valence-corrected chi connectivity index (χ0v) is 14.2. The molecular formula is C17H20N2S2. The molecule has 0 saturated carbocycles. The molecule has 2 rings (SSSR count). The van der Waals surface area contributed by atoms with E-state index in [1.807, 2.05) is 12.1 Å². The fourth-order valence-corrected chi connectivity index (χ4v) is 3.50.